The maximum atomic E-state index is 12.3. The molecule has 1 atom stereocenters. The van der Waals surface area contributed by atoms with Gasteiger partial charge in [0.1, 0.15) is 0 Å². The SMILES string of the molecule is CCOC(=O)N1CCN([C@H](C)C(=O)Nc2ccc(Br)cc2)CC1. The molecule has 0 bridgehead atoms. The quantitative estimate of drug-likeness (QED) is 0.867. The van der Waals surface area contributed by atoms with Gasteiger partial charge in [0.05, 0.1) is 12.6 Å². The maximum absolute atomic E-state index is 12.3. The molecule has 0 aromatic heterocycles. The fourth-order valence-electron chi connectivity index (χ4n) is 2.45. The molecule has 1 saturated heterocycles. The van der Waals surface area contributed by atoms with Crippen molar-refractivity contribution in [2.75, 3.05) is 38.1 Å². The Labute approximate surface area is 144 Å². The number of ether oxygens (including phenoxy) is 1. The summed E-state index contributed by atoms with van der Waals surface area (Å²) in [6.07, 6.45) is -0.279. The van der Waals surface area contributed by atoms with Crippen molar-refractivity contribution in [3.8, 4) is 0 Å². The van der Waals surface area contributed by atoms with E-state index in [2.05, 4.69) is 26.1 Å². The maximum Gasteiger partial charge on any atom is 0.409 e. The molecular formula is C16H22BrN3O3. The Morgan fingerprint density at radius 1 is 1.22 bits per heavy atom. The van der Waals surface area contributed by atoms with Crippen LogP contribution in [0.15, 0.2) is 28.7 Å². The molecule has 7 heteroatoms. The molecular weight excluding hydrogens is 362 g/mol. The number of carbonyl (C=O) groups excluding carboxylic acids is 2. The van der Waals surface area contributed by atoms with Crippen LogP contribution in [0.3, 0.4) is 0 Å². The van der Waals surface area contributed by atoms with Crippen LogP contribution in [-0.4, -0.2) is 60.6 Å². The number of anilines is 1. The molecule has 23 heavy (non-hydrogen) atoms. The van der Waals surface area contributed by atoms with E-state index in [0.29, 0.717) is 32.8 Å². The molecule has 1 aromatic rings. The lowest BCUT2D eigenvalue weighted by atomic mass is 10.2. The predicted molar refractivity (Wildman–Crippen MR) is 92.4 cm³/mol. The largest absolute Gasteiger partial charge is 0.450 e. The highest BCUT2D eigenvalue weighted by atomic mass is 79.9. The first kappa shape index (κ1) is 17.7. The van der Waals surface area contributed by atoms with Gasteiger partial charge < -0.3 is 15.0 Å². The van der Waals surface area contributed by atoms with Gasteiger partial charge >= 0.3 is 6.09 Å². The highest BCUT2D eigenvalue weighted by Gasteiger charge is 2.27. The van der Waals surface area contributed by atoms with Gasteiger partial charge in [-0.15, -0.1) is 0 Å². The van der Waals surface area contributed by atoms with E-state index in [1.807, 2.05) is 31.2 Å². The fourth-order valence-corrected chi connectivity index (χ4v) is 2.72. The number of hydrogen-bond acceptors (Lipinski definition) is 4. The highest BCUT2D eigenvalue weighted by Crippen LogP contribution is 2.15. The minimum atomic E-state index is -0.279. The van der Waals surface area contributed by atoms with E-state index >= 15 is 0 Å². The van der Waals surface area contributed by atoms with E-state index in [1.54, 1.807) is 11.8 Å². The monoisotopic (exact) mass is 383 g/mol. The highest BCUT2D eigenvalue weighted by molar-refractivity contribution is 9.10. The number of nitrogens with zero attached hydrogens (tertiary/aromatic N) is 2. The molecule has 0 aliphatic carbocycles. The lowest BCUT2D eigenvalue weighted by Crippen LogP contribution is -2.54. The van der Waals surface area contributed by atoms with Gasteiger partial charge in [-0.2, -0.15) is 0 Å². The third-order valence-corrected chi connectivity index (χ3v) is 4.41. The van der Waals surface area contributed by atoms with Crippen molar-refractivity contribution in [1.82, 2.24) is 9.80 Å². The molecule has 2 amide bonds. The number of piperazine rings is 1. The van der Waals surface area contributed by atoms with Gasteiger partial charge in [-0.25, -0.2) is 4.79 Å². The molecule has 1 aromatic carbocycles. The van der Waals surface area contributed by atoms with E-state index < -0.39 is 0 Å². The van der Waals surface area contributed by atoms with Crippen LogP contribution in [0.4, 0.5) is 10.5 Å². The average molecular weight is 384 g/mol. The molecule has 0 saturated carbocycles. The first-order chi connectivity index (χ1) is 11.0. The summed E-state index contributed by atoms with van der Waals surface area (Å²) in [6, 6.07) is 7.24. The molecule has 1 N–H and O–H groups in total. The van der Waals surface area contributed by atoms with Gasteiger partial charge in [0.25, 0.3) is 0 Å². The number of nitrogens with one attached hydrogen (secondary N) is 1. The smallest absolute Gasteiger partial charge is 0.409 e. The van der Waals surface area contributed by atoms with Crippen molar-refractivity contribution in [2.24, 2.45) is 0 Å². The Morgan fingerprint density at radius 2 is 1.83 bits per heavy atom. The van der Waals surface area contributed by atoms with Crippen molar-refractivity contribution in [2.45, 2.75) is 19.9 Å². The second-order valence-corrected chi connectivity index (χ2v) is 6.31. The number of rotatable bonds is 4. The van der Waals surface area contributed by atoms with Crippen LogP contribution in [0.25, 0.3) is 0 Å². The number of halogens is 1. The van der Waals surface area contributed by atoms with Crippen LogP contribution >= 0.6 is 15.9 Å². The zero-order chi connectivity index (χ0) is 16.8. The van der Waals surface area contributed by atoms with E-state index in [9.17, 15) is 9.59 Å². The molecule has 1 fully saturated rings. The number of amides is 2. The van der Waals surface area contributed by atoms with Gasteiger partial charge in [-0.05, 0) is 38.1 Å². The predicted octanol–water partition coefficient (Wildman–Crippen LogP) is 2.55. The summed E-state index contributed by atoms with van der Waals surface area (Å²) in [6.45, 7) is 6.53. The molecule has 0 unspecified atom stereocenters. The molecule has 0 spiro atoms. The van der Waals surface area contributed by atoms with Gasteiger partial charge in [0, 0.05) is 36.3 Å². The normalized spacial score (nSPS) is 16.7. The minimum absolute atomic E-state index is 0.0445. The summed E-state index contributed by atoms with van der Waals surface area (Å²) in [5.41, 5.74) is 0.773. The van der Waals surface area contributed by atoms with Gasteiger partial charge in [-0.1, -0.05) is 15.9 Å². The zero-order valence-corrected chi connectivity index (χ0v) is 15.0. The molecule has 1 aliphatic heterocycles. The molecule has 0 radical (unpaired) electrons. The Balaban J connectivity index is 1.84. The Morgan fingerprint density at radius 3 is 2.39 bits per heavy atom. The summed E-state index contributed by atoms with van der Waals surface area (Å²) in [7, 11) is 0. The topological polar surface area (TPSA) is 61.9 Å². The third-order valence-electron chi connectivity index (χ3n) is 3.88. The Hall–Kier alpha value is -1.60. The first-order valence-corrected chi connectivity index (χ1v) is 8.52. The molecule has 2 rings (SSSR count). The van der Waals surface area contributed by atoms with Crippen molar-refractivity contribution in [3.05, 3.63) is 28.7 Å². The third kappa shape index (κ3) is 4.94. The fraction of sp³-hybridized carbons (Fsp3) is 0.500. The van der Waals surface area contributed by atoms with Crippen LogP contribution in [0.5, 0.6) is 0 Å². The van der Waals surface area contributed by atoms with Crippen LogP contribution in [-0.2, 0) is 9.53 Å². The van der Waals surface area contributed by atoms with Crippen LogP contribution in [0, 0.1) is 0 Å². The summed E-state index contributed by atoms with van der Waals surface area (Å²) < 4.78 is 5.97. The van der Waals surface area contributed by atoms with Crippen molar-refractivity contribution in [1.29, 1.82) is 0 Å². The molecule has 1 heterocycles. The van der Waals surface area contributed by atoms with E-state index in [-0.39, 0.29) is 18.0 Å². The molecule has 126 valence electrons. The van der Waals surface area contributed by atoms with Crippen molar-refractivity contribution in [3.63, 3.8) is 0 Å². The van der Waals surface area contributed by atoms with Crippen LogP contribution < -0.4 is 5.32 Å². The number of benzene rings is 1. The van der Waals surface area contributed by atoms with Gasteiger partial charge in [0.15, 0.2) is 0 Å². The van der Waals surface area contributed by atoms with Gasteiger partial charge in [-0.3, -0.25) is 9.69 Å². The average Bonchev–Trinajstić information content (AvgIpc) is 2.56. The van der Waals surface area contributed by atoms with Crippen molar-refractivity contribution >= 4 is 33.6 Å². The number of hydrogen-bond donors (Lipinski definition) is 1. The lowest BCUT2D eigenvalue weighted by molar-refractivity contribution is -0.121. The van der Waals surface area contributed by atoms with Gasteiger partial charge in [0.2, 0.25) is 5.91 Å². The Bertz CT molecular complexity index is 542. The van der Waals surface area contributed by atoms with Crippen LogP contribution in [0.2, 0.25) is 0 Å². The van der Waals surface area contributed by atoms with Crippen LogP contribution in [0.1, 0.15) is 13.8 Å². The summed E-state index contributed by atoms with van der Waals surface area (Å²) >= 11 is 3.37. The minimum Gasteiger partial charge on any atom is -0.450 e. The summed E-state index contributed by atoms with van der Waals surface area (Å²) in [5, 5.41) is 2.91. The lowest BCUT2D eigenvalue weighted by Gasteiger charge is -2.36. The Kier molecular flexibility index (Phi) is 6.41. The van der Waals surface area contributed by atoms with E-state index in [4.69, 9.17) is 4.74 Å². The second-order valence-electron chi connectivity index (χ2n) is 5.39. The molecule has 1 aliphatic rings. The summed E-state index contributed by atoms with van der Waals surface area (Å²) in [5.74, 6) is -0.0445. The molecule has 6 nitrogen and oxygen atoms in total. The standard InChI is InChI=1S/C16H22BrN3O3/c1-3-23-16(22)20-10-8-19(9-11-20)12(2)15(21)18-14-6-4-13(17)5-7-14/h4-7,12H,3,8-11H2,1-2H3,(H,18,21)/t12-/m1/s1. The first-order valence-electron chi connectivity index (χ1n) is 7.73. The van der Waals surface area contributed by atoms with E-state index in [1.165, 1.54) is 0 Å². The van der Waals surface area contributed by atoms with E-state index in [0.717, 1.165) is 10.2 Å². The zero-order valence-electron chi connectivity index (χ0n) is 13.4. The second kappa shape index (κ2) is 8.31. The number of carbonyl (C=O) groups is 2. The summed E-state index contributed by atoms with van der Waals surface area (Å²) in [4.78, 5) is 27.8. The van der Waals surface area contributed by atoms with Crippen molar-refractivity contribution < 1.29 is 14.3 Å².